The molecule has 1 heterocycles. The molecular weight excluding hydrogens is 280 g/mol. The number of ether oxygens (including phenoxy) is 1. The van der Waals surface area contributed by atoms with Crippen LogP contribution in [0.3, 0.4) is 0 Å². The van der Waals surface area contributed by atoms with E-state index in [1.54, 1.807) is 10.9 Å². The lowest BCUT2D eigenvalue weighted by Crippen LogP contribution is -2.16. The summed E-state index contributed by atoms with van der Waals surface area (Å²) in [5, 5.41) is 8.38. The van der Waals surface area contributed by atoms with Crippen LogP contribution in [0.25, 0.3) is 0 Å². The number of aromatic nitrogens is 2. The minimum Gasteiger partial charge on any atom is -0.439 e. The van der Waals surface area contributed by atoms with Crippen molar-refractivity contribution in [1.82, 2.24) is 14.7 Å². The molecule has 0 aliphatic rings. The van der Waals surface area contributed by atoms with Crippen LogP contribution >= 0.6 is 0 Å². The Morgan fingerprint density at radius 3 is 2.68 bits per heavy atom. The molecule has 6 nitrogen and oxygen atoms in total. The number of nitrogens with zero attached hydrogens (tertiary/aromatic N) is 4. The molecule has 0 fully saturated rings. The molecule has 0 amide bonds. The molecule has 0 N–H and O–H groups in total. The molecule has 2 aromatic rings. The third-order valence-corrected chi connectivity index (χ3v) is 3.06. The topological polar surface area (TPSA) is 51.9 Å². The second kappa shape index (κ2) is 7.61. The van der Waals surface area contributed by atoms with Crippen molar-refractivity contribution in [2.45, 2.75) is 6.92 Å². The number of likely N-dealkylation sites (N-methyl/N-ethyl adjacent to an activating group) is 1. The monoisotopic (exact) mass is 302 g/mol. The number of benzene rings is 1. The van der Waals surface area contributed by atoms with Crippen molar-refractivity contribution < 1.29 is 9.57 Å². The molecule has 118 valence electrons. The van der Waals surface area contributed by atoms with E-state index in [2.05, 4.69) is 10.3 Å². The van der Waals surface area contributed by atoms with Crippen LogP contribution < -0.4 is 4.74 Å². The lowest BCUT2D eigenvalue weighted by molar-refractivity contribution is 0.127. The fraction of sp³-hybridized carbons (Fsp3) is 0.375. The third kappa shape index (κ3) is 4.33. The van der Waals surface area contributed by atoms with Crippen LogP contribution in [0, 0.1) is 6.92 Å². The van der Waals surface area contributed by atoms with E-state index in [4.69, 9.17) is 9.57 Å². The van der Waals surface area contributed by atoms with Crippen molar-refractivity contribution in [1.29, 1.82) is 0 Å². The molecule has 2 rings (SSSR count). The van der Waals surface area contributed by atoms with E-state index in [-0.39, 0.29) is 0 Å². The molecular formula is C16H22N4O2. The summed E-state index contributed by atoms with van der Waals surface area (Å²) in [5.41, 5.74) is 1.66. The molecule has 1 aromatic heterocycles. The molecule has 0 aliphatic carbocycles. The zero-order valence-electron chi connectivity index (χ0n) is 13.5. The fourth-order valence-electron chi connectivity index (χ4n) is 1.89. The van der Waals surface area contributed by atoms with Gasteiger partial charge in [-0.05, 0) is 33.2 Å². The smallest absolute Gasteiger partial charge is 0.226 e. The summed E-state index contributed by atoms with van der Waals surface area (Å²) < 4.78 is 7.60. The number of para-hydroxylation sites is 1. The van der Waals surface area contributed by atoms with E-state index < -0.39 is 0 Å². The third-order valence-electron chi connectivity index (χ3n) is 3.06. The largest absolute Gasteiger partial charge is 0.439 e. The Hall–Kier alpha value is -2.34. The van der Waals surface area contributed by atoms with E-state index in [9.17, 15) is 0 Å². The minimum absolute atomic E-state index is 0.539. The molecule has 0 saturated carbocycles. The van der Waals surface area contributed by atoms with Crippen LogP contribution in [0.2, 0.25) is 0 Å². The van der Waals surface area contributed by atoms with Gasteiger partial charge in [0, 0.05) is 13.6 Å². The first-order valence-electron chi connectivity index (χ1n) is 7.14. The van der Waals surface area contributed by atoms with Crippen molar-refractivity contribution in [2.24, 2.45) is 12.2 Å². The highest BCUT2D eigenvalue weighted by molar-refractivity contribution is 5.84. The van der Waals surface area contributed by atoms with Gasteiger partial charge in [-0.15, -0.1) is 0 Å². The van der Waals surface area contributed by atoms with Crippen LogP contribution in [0.5, 0.6) is 11.6 Å². The van der Waals surface area contributed by atoms with Crippen molar-refractivity contribution in [2.75, 3.05) is 27.2 Å². The zero-order valence-corrected chi connectivity index (χ0v) is 13.5. The molecule has 0 bridgehead atoms. The number of hydrogen-bond acceptors (Lipinski definition) is 5. The van der Waals surface area contributed by atoms with Crippen molar-refractivity contribution in [3.05, 3.63) is 41.6 Å². The molecule has 0 unspecified atom stereocenters. The summed E-state index contributed by atoms with van der Waals surface area (Å²) in [6.07, 6.45) is 1.65. The summed E-state index contributed by atoms with van der Waals surface area (Å²) in [7, 11) is 5.82. The highest BCUT2D eigenvalue weighted by Crippen LogP contribution is 2.25. The molecule has 0 atom stereocenters. The van der Waals surface area contributed by atoms with Crippen molar-refractivity contribution in [3.63, 3.8) is 0 Å². The summed E-state index contributed by atoms with van der Waals surface area (Å²) in [4.78, 5) is 7.29. The number of rotatable bonds is 7. The Bertz CT molecular complexity index is 621. The average molecular weight is 302 g/mol. The molecule has 0 radical (unpaired) electrons. The Morgan fingerprint density at radius 1 is 1.27 bits per heavy atom. The normalized spacial score (nSPS) is 11.3. The highest BCUT2D eigenvalue weighted by Gasteiger charge is 2.14. The van der Waals surface area contributed by atoms with Gasteiger partial charge in [-0.1, -0.05) is 23.4 Å². The zero-order chi connectivity index (χ0) is 15.9. The van der Waals surface area contributed by atoms with Gasteiger partial charge in [0.2, 0.25) is 5.88 Å². The molecule has 0 aliphatic heterocycles. The van der Waals surface area contributed by atoms with E-state index in [1.165, 1.54) is 0 Å². The summed E-state index contributed by atoms with van der Waals surface area (Å²) in [6.45, 7) is 3.27. The molecule has 1 aromatic carbocycles. The van der Waals surface area contributed by atoms with Gasteiger partial charge in [0.15, 0.2) is 0 Å². The molecule has 0 saturated heterocycles. The lowest BCUT2D eigenvalue weighted by Gasteiger charge is -2.07. The number of hydrogen-bond donors (Lipinski definition) is 0. The predicted octanol–water partition coefficient (Wildman–Crippen LogP) is 2.43. The van der Waals surface area contributed by atoms with E-state index >= 15 is 0 Å². The lowest BCUT2D eigenvalue weighted by atomic mass is 10.3. The maximum atomic E-state index is 5.90. The van der Waals surface area contributed by atoms with Gasteiger partial charge in [0.1, 0.15) is 12.4 Å². The van der Waals surface area contributed by atoms with E-state index in [0.717, 1.165) is 23.6 Å². The molecule has 22 heavy (non-hydrogen) atoms. The number of aryl methyl sites for hydroxylation is 2. The maximum absolute atomic E-state index is 5.90. The molecule has 0 spiro atoms. The minimum atomic E-state index is 0.539. The fourth-order valence-corrected chi connectivity index (χ4v) is 1.89. The second-order valence-corrected chi connectivity index (χ2v) is 5.21. The van der Waals surface area contributed by atoms with E-state index in [1.807, 2.05) is 63.3 Å². The van der Waals surface area contributed by atoms with Gasteiger partial charge in [0.25, 0.3) is 0 Å². The van der Waals surface area contributed by atoms with Gasteiger partial charge >= 0.3 is 0 Å². The summed E-state index contributed by atoms with van der Waals surface area (Å²) in [5.74, 6) is 1.40. The summed E-state index contributed by atoms with van der Waals surface area (Å²) in [6, 6.07) is 9.60. The Labute approximate surface area is 130 Å². The van der Waals surface area contributed by atoms with Gasteiger partial charge in [-0.3, -0.25) is 0 Å². The van der Waals surface area contributed by atoms with Gasteiger partial charge in [-0.2, -0.15) is 5.10 Å². The predicted molar refractivity (Wildman–Crippen MR) is 86.6 cm³/mol. The van der Waals surface area contributed by atoms with E-state index in [0.29, 0.717) is 12.5 Å². The van der Waals surface area contributed by atoms with Crippen LogP contribution in [-0.2, 0) is 11.9 Å². The summed E-state index contributed by atoms with van der Waals surface area (Å²) >= 11 is 0. The first kappa shape index (κ1) is 16.0. The Morgan fingerprint density at radius 2 is 2.00 bits per heavy atom. The SMILES string of the molecule is Cc1nn(C)c(Oc2ccccc2)c1/C=N/OCCN(C)C. The van der Waals surface area contributed by atoms with Crippen LogP contribution in [-0.4, -0.2) is 48.1 Å². The number of oxime groups is 1. The van der Waals surface area contributed by atoms with Gasteiger partial charge in [0.05, 0.1) is 17.5 Å². The average Bonchev–Trinajstić information content (AvgIpc) is 2.74. The van der Waals surface area contributed by atoms with Gasteiger partial charge in [-0.25, -0.2) is 4.68 Å². The maximum Gasteiger partial charge on any atom is 0.226 e. The second-order valence-electron chi connectivity index (χ2n) is 5.21. The van der Waals surface area contributed by atoms with Crippen LogP contribution in [0.4, 0.5) is 0 Å². The Balaban J connectivity index is 2.09. The standard InChI is InChI=1S/C16H22N4O2/c1-13-15(12-17-21-11-10-19(2)3)16(20(4)18-13)22-14-8-6-5-7-9-14/h5-9,12H,10-11H2,1-4H3/b17-12+. The Kier molecular flexibility index (Phi) is 5.55. The van der Waals surface area contributed by atoms with Crippen molar-refractivity contribution in [3.8, 4) is 11.6 Å². The van der Waals surface area contributed by atoms with Gasteiger partial charge < -0.3 is 14.5 Å². The van der Waals surface area contributed by atoms with Crippen LogP contribution in [0.1, 0.15) is 11.3 Å². The highest BCUT2D eigenvalue weighted by atomic mass is 16.6. The van der Waals surface area contributed by atoms with Crippen LogP contribution in [0.15, 0.2) is 35.5 Å². The molecule has 6 heteroatoms. The van der Waals surface area contributed by atoms with Crippen molar-refractivity contribution >= 4 is 6.21 Å². The first-order chi connectivity index (χ1) is 10.6. The first-order valence-corrected chi connectivity index (χ1v) is 7.14. The quantitative estimate of drug-likeness (QED) is 0.448.